The van der Waals surface area contributed by atoms with Crippen LogP contribution >= 0.6 is 0 Å². The van der Waals surface area contributed by atoms with Crippen molar-refractivity contribution in [2.24, 2.45) is 5.41 Å². The normalized spacial score (nSPS) is 17.4. The van der Waals surface area contributed by atoms with Crippen molar-refractivity contribution in [2.45, 2.75) is 71.9 Å². The quantitative estimate of drug-likeness (QED) is 0.654. The molecule has 0 spiro atoms. The first kappa shape index (κ1) is 19.2. The number of hydrogen-bond donors (Lipinski definition) is 1. The molecule has 0 saturated carbocycles. The van der Waals surface area contributed by atoms with Gasteiger partial charge in [-0.25, -0.2) is 0 Å². The number of ether oxygens (including phenoxy) is 2. The highest BCUT2D eigenvalue weighted by molar-refractivity contribution is 5.59. The van der Waals surface area contributed by atoms with Gasteiger partial charge in [0.25, 0.3) is 0 Å². The van der Waals surface area contributed by atoms with E-state index in [2.05, 4.69) is 0 Å². The highest BCUT2D eigenvalue weighted by atomic mass is 16.6. The molecule has 118 valence electrons. The van der Waals surface area contributed by atoms with Crippen molar-refractivity contribution in [1.82, 2.24) is 0 Å². The molecule has 0 aliphatic carbocycles. The van der Waals surface area contributed by atoms with E-state index in [0.717, 1.165) is 6.42 Å². The average molecular weight is 288 g/mol. The number of aldehydes is 2. The lowest BCUT2D eigenvalue weighted by Crippen LogP contribution is -2.46. The first-order chi connectivity index (χ1) is 9.11. The van der Waals surface area contributed by atoms with Gasteiger partial charge in [-0.15, -0.1) is 0 Å². The van der Waals surface area contributed by atoms with Gasteiger partial charge in [0.05, 0.1) is 12.2 Å². The Morgan fingerprint density at radius 2 is 1.65 bits per heavy atom. The summed E-state index contributed by atoms with van der Waals surface area (Å²) in [5.41, 5.74) is -0.913. The maximum absolute atomic E-state index is 11.2. The molecule has 0 aliphatic rings. The molecule has 0 fully saturated rings. The summed E-state index contributed by atoms with van der Waals surface area (Å²) in [6.07, 6.45) is -0.406. The molecular weight excluding hydrogens is 260 g/mol. The van der Waals surface area contributed by atoms with Gasteiger partial charge in [0.15, 0.2) is 6.29 Å². The molecule has 3 unspecified atom stereocenters. The monoisotopic (exact) mass is 288 g/mol. The third-order valence-electron chi connectivity index (χ3n) is 3.30. The molecule has 5 heteroatoms. The summed E-state index contributed by atoms with van der Waals surface area (Å²) >= 11 is 0. The Bertz CT molecular complexity index is 306. The highest BCUT2D eigenvalue weighted by Crippen LogP contribution is 2.28. The summed E-state index contributed by atoms with van der Waals surface area (Å²) in [4.78, 5) is 22.4. The third kappa shape index (κ3) is 6.11. The number of carbonyl (C=O) groups is 2. The Morgan fingerprint density at radius 3 is 1.95 bits per heavy atom. The van der Waals surface area contributed by atoms with E-state index in [4.69, 9.17) is 9.47 Å². The van der Waals surface area contributed by atoms with Crippen molar-refractivity contribution in [2.75, 3.05) is 6.61 Å². The molecule has 0 bridgehead atoms. The molecular formula is C15H28O5. The largest absolute Gasteiger partial charge is 0.394 e. The number of hydrogen-bond acceptors (Lipinski definition) is 5. The topological polar surface area (TPSA) is 72.8 Å². The first-order valence-electron chi connectivity index (χ1n) is 6.96. The Hall–Kier alpha value is -0.780. The molecule has 0 amide bonds. The van der Waals surface area contributed by atoms with E-state index in [-0.39, 0.29) is 12.0 Å². The van der Waals surface area contributed by atoms with Gasteiger partial charge in [-0.05, 0) is 32.6 Å². The van der Waals surface area contributed by atoms with Crippen molar-refractivity contribution in [1.29, 1.82) is 0 Å². The minimum Gasteiger partial charge on any atom is -0.394 e. The summed E-state index contributed by atoms with van der Waals surface area (Å²) in [5.74, 6) is 0. The van der Waals surface area contributed by atoms with Gasteiger partial charge in [0.1, 0.15) is 24.6 Å². The summed E-state index contributed by atoms with van der Waals surface area (Å²) in [6, 6.07) is 0. The maximum atomic E-state index is 11.2. The standard InChI is InChI=1S/C15H28O5/c1-7-15(5,6)13(10-18)19-11(8-16)12(9-17)20-14(2,3)4/h9-13,16H,7-8H2,1-6H3. The first-order valence-corrected chi connectivity index (χ1v) is 6.96. The van der Waals surface area contributed by atoms with Crippen molar-refractivity contribution in [3.05, 3.63) is 0 Å². The van der Waals surface area contributed by atoms with Crippen LogP contribution in [-0.4, -0.2) is 48.2 Å². The molecule has 3 atom stereocenters. The summed E-state index contributed by atoms with van der Waals surface area (Å²) in [7, 11) is 0. The fourth-order valence-corrected chi connectivity index (χ4v) is 1.61. The van der Waals surface area contributed by atoms with Gasteiger partial charge < -0.3 is 24.2 Å². The second-order valence-corrected chi connectivity index (χ2v) is 6.59. The molecule has 0 saturated heterocycles. The second kappa shape index (κ2) is 7.86. The van der Waals surface area contributed by atoms with Crippen LogP contribution in [0.2, 0.25) is 0 Å². The molecule has 0 heterocycles. The Balaban J connectivity index is 4.97. The van der Waals surface area contributed by atoms with Crippen LogP contribution < -0.4 is 0 Å². The van der Waals surface area contributed by atoms with Crippen LogP contribution in [0.25, 0.3) is 0 Å². The van der Waals surface area contributed by atoms with Gasteiger partial charge in [-0.2, -0.15) is 0 Å². The number of aliphatic hydroxyl groups excluding tert-OH is 1. The number of aliphatic hydroxyl groups is 1. The minimum absolute atomic E-state index is 0.371. The van der Waals surface area contributed by atoms with Gasteiger partial charge in [-0.1, -0.05) is 20.8 Å². The van der Waals surface area contributed by atoms with Crippen molar-refractivity contribution >= 4 is 12.6 Å². The number of rotatable bonds is 9. The van der Waals surface area contributed by atoms with E-state index in [1.54, 1.807) is 0 Å². The lowest BCUT2D eigenvalue weighted by molar-refractivity contribution is -0.175. The predicted octanol–water partition coefficient (Wildman–Crippen LogP) is 1.75. The molecule has 1 N–H and O–H groups in total. The molecule has 0 radical (unpaired) electrons. The van der Waals surface area contributed by atoms with E-state index in [9.17, 15) is 14.7 Å². The zero-order valence-corrected chi connectivity index (χ0v) is 13.4. The molecule has 0 aromatic rings. The summed E-state index contributed by atoms with van der Waals surface area (Å²) in [6.45, 7) is 10.8. The average Bonchev–Trinajstić information content (AvgIpc) is 2.36. The van der Waals surface area contributed by atoms with E-state index >= 15 is 0 Å². The molecule has 0 aromatic carbocycles. The SMILES string of the molecule is CCC(C)(C)C(C=O)OC(CO)C(C=O)OC(C)(C)C. The third-order valence-corrected chi connectivity index (χ3v) is 3.30. The lowest BCUT2D eigenvalue weighted by atomic mass is 9.84. The van der Waals surface area contributed by atoms with Crippen molar-refractivity contribution < 1.29 is 24.2 Å². The van der Waals surface area contributed by atoms with Crippen LogP contribution in [0, 0.1) is 5.41 Å². The van der Waals surface area contributed by atoms with E-state index in [1.165, 1.54) is 0 Å². The van der Waals surface area contributed by atoms with Gasteiger partial charge in [-0.3, -0.25) is 0 Å². The smallest absolute Gasteiger partial charge is 0.151 e. The Kier molecular flexibility index (Phi) is 7.55. The molecule has 0 aromatic heterocycles. The predicted molar refractivity (Wildman–Crippen MR) is 76.6 cm³/mol. The summed E-state index contributed by atoms with van der Waals surface area (Å²) < 4.78 is 11.2. The molecule has 0 aliphatic heterocycles. The zero-order valence-electron chi connectivity index (χ0n) is 13.4. The van der Waals surface area contributed by atoms with Crippen molar-refractivity contribution in [3.8, 4) is 0 Å². The molecule has 0 rings (SSSR count). The van der Waals surface area contributed by atoms with Crippen molar-refractivity contribution in [3.63, 3.8) is 0 Å². The van der Waals surface area contributed by atoms with E-state index < -0.39 is 23.9 Å². The fraction of sp³-hybridized carbons (Fsp3) is 0.867. The van der Waals surface area contributed by atoms with Gasteiger partial charge >= 0.3 is 0 Å². The Labute approximate surface area is 121 Å². The van der Waals surface area contributed by atoms with Crippen LogP contribution in [0.3, 0.4) is 0 Å². The summed E-state index contributed by atoms with van der Waals surface area (Å²) in [5, 5.41) is 9.43. The van der Waals surface area contributed by atoms with Gasteiger partial charge in [0.2, 0.25) is 0 Å². The molecule has 5 nitrogen and oxygen atoms in total. The van der Waals surface area contributed by atoms with Crippen LogP contribution in [-0.2, 0) is 19.1 Å². The highest BCUT2D eigenvalue weighted by Gasteiger charge is 2.35. The van der Waals surface area contributed by atoms with Crippen LogP contribution in [0.4, 0.5) is 0 Å². The van der Waals surface area contributed by atoms with Crippen LogP contribution in [0.15, 0.2) is 0 Å². The second-order valence-electron chi connectivity index (χ2n) is 6.59. The van der Waals surface area contributed by atoms with Crippen LogP contribution in [0.1, 0.15) is 48.0 Å². The fourth-order valence-electron chi connectivity index (χ4n) is 1.61. The zero-order chi connectivity index (χ0) is 16.0. The maximum Gasteiger partial charge on any atom is 0.151 e. The number of carbonyl (C=O) groups excluding carboxylic acids is 2. The van der Waals surface area contributed by atoms with Gasteiger partial charge in [0, 0.05) is 0 Å². The molecule has 20 heavy (non-hydrogen) atoms. The van der Waals surface area contributed by atoms with E-state index in [1.807, 2.05) is 41.5 Å². The van der Waals surface area contributed by atoms with Crippen LogP contribution in [0.5, 0.6) is 0 Å². The minimum atomic E-state index is -0.907. The lowest BCUT2D eigenvalue weighted by Gasteiger charge is -2.35. The van der Waals surface area contributed by atoms with E-state index in [0.29, 0.717) is 12.6 Å². The Morgan fingerprint density at radius 1 is 1.10 bits per heavy atom.